The number of aryl methyl sites for hydroxylation is 2. The Morgan fingerprint density at radius 3 is 2.43 bits per heavy atom. The van der Waals surface area contributed by atoms with Gasteiger partial charge in [0.2, 0.25) is 0 Å². The van der Waals surface area contributed by atoms with Crippen molar-refractivity contribution in [3.8, 4) is 0 Å². The van der Waals surface area contributed by atoms with Gasteiger partial charge in [0.1, 0.15) is 0 Å². The first-order valence-electron chi connectivity index (χ1n) is 8.07. The zero-order valence-corrected chi connectivity index (χ0v) is 14.1. The predicted octanol–water partition coefficient (Wildman–Crippen LogP) is 2.57. The van der Waals surface area contributed by atoms with E-state index in [1.54, 1.807) is 0 Å². The number of rotatable bonds is 4. The van der Waals surface area contributed by atoms with E-state index in [-0.39, 0.29) is 0 Å². The first-order valence-corrected chi connectivity index (χ1v) is 8.07. The minimum atomic E-state index is 0.815. The molecule has 0 aliphatic carbocycles. The highest BCUT2D eigenvalue weighted by Gasteiger charge is 2.11. The van der Waals surface area contributed by atoms with E-state index in [0.717, 1.165) is 44.4 Å². The van der Waals surface area contributed by atoms with Crippen LogP contribution in [-0.4, -0.2) is 43.5 Å². The Hall–Kier alpha value is -2.14. The van der Waals surface area contributed by atoms with Crippen molar-refractivity contribution in [3.63, 3.8) is 0 Å². The monoisotopic (exact) mass is 312 g/mol. The molecule has 0 N–H and O–H groups in total. The lowest BCUT2D eigenvalue weighted by Crippen LogP contribution is -2.36. The fourth-order valence-electron chi connectivity index (χ4n) is 2.71. The molecule has 3 rings (SSSR count). The summed E-state index contributed by atoms with van der Waals surface area (Å²) in [5, 5.41) is 8.49. The van der Waals surface area contributed by atoms with Crippen molar-refractivity contribution in [1.82, 2.24) is 10.2 Å². The van der Waals surface area contributed by atoms with Crippen molar-refractivity contribution >= 4 is 11.5 Å². The summed E-state index contributed by atoms with van der Waals surface area (Å²) in [5.74, 6) is 0.908. The summed E-state index contributed by atoms with van der Waals surface area (Å²) in [6.07, 6.45) is 0. The molecule has 2 heterocycles. The molecule has 1 aliphatic rings. The van der Waals surface area contributed by atoms with Crippen molar-refractivity contribution in [1.29, 1.82) is 0 Å². The molecule has 23 heavy (non-hydrogen) atoms. The molecule has 0 amide bonds. The highest BCUT2D eigenvalue weighted by molar-refractivity contribution is 5.49. The highest BCUT2D eigenvalue weighted by atomic mass is 16.5. The number of nitrogens with zero attached hydrogens (tertiary/aromatic N) is 4. The van der Waals surface area contributed by atoms with E-state index in [1.807, 2.05) is 6.92 Å². The number of morpholine rings is 1. The van der Waals surface area contributed by atoms with Crippen LogP contribution < -0.4 is 9.80 Å². The maximum atomic E-state index is 5.40. The van der Waals surface area contributed by atoms with E-state index >= 15 is 0 Å². The molecule has 5 nitrogen and oxygen atoms in total. The maximum Gasteiger partial charge on any atom is 0.151 e. The van der Waals surface area contributed by atoms with Crippen LogP contribution in [0.2, 0.25) is 0 Å². The van der Waals surface area contributed by atoms with Crippen LogP contribution in [0.15, 0.2) is 30.3 Å². The summed E-state index contributed by atoms with van der Waals surface area (Å²) in [4.78, 5) is 4.50. The van der Waals surface area contributed by atoms with Crippen LogP contribution in [0.25, 0.3) is 0 Å². The predicted molar refractivity (Wildman–Crippen MR) is 93.1 cm³/mol. The fourth-order valence-corrected chi connectivity index (χ4v) is 2.71. The third-order valence-electron chi connectivity index (χ3n) is 4.34. The molecule has 0 bridgehead atoms. The Labute approximate surface area is 137 Å². The van der Waals surface area contributed by atoms with E-state index in [1.165, 1.54) is 16.8 Å². The number of hydrogen-bond donors (Lipinski definition) is 0. The van der Waals surface area contributed by atoms with Crippen LogP contribution >= 0.6 is 0 Å². The Kier molecular flexibility index (Phi) is 4.76. The van der Waals surface area contributed by atoms with Gasteiger partial charge < -0.3 is 14.5 Å². The molecule has 122 valence electrons. The lowest BCUT2D eigenvalue weighted by molar-refractivity contribution is 0.122. The van der Waals surface area contributed by atoms with Crippen molar-refractivity contribution < 1.29 is 4.74 Å². The van der Waals surface area contributed by atoms with Crippen molar-refractivity contribution in [2.45, 2.75) is 20.4 Å². The molecule has 0 atom stereocenters. The van der Waals surface area contributed by atoms with Crippen LogP contribution in [0.5, 0.6) is 0 Å². The second kappa shape index (κ2) is 6.96. The molecule has 0 unspecified atom stereocenters. The average molecular weight is 312 g/mol. The molecule has 1 aromatic carbocycles. The molecular formula is C18H24N4O. The summed E-state index contributed by atoms with van der Waals surface area (Å²) in [6.45, 7) is 8.44. The quantitative estimate of drug-likeness (QED) is 0.868. The second-order valence-corrected chi connectivity index (χ2v) is 6.09. The fraction of sp³-hybridized carbons (Fsp3) is 0.444. The first kappa shape index (κ1) is 15.7. The molecule has 1 aliphatic heterocycles. The van der Waals surface area contributed by atoms with Gasteiger partial charge in [-0.2, -0.15) is 5.10 Å². The lowest BCUT2D eigenvalue weighted by atomic mass is 10.1. The normalized spacial score (nSPS) is 14.8. The highest BCUT2D eigenvalue weighted by Crippen LogP contribution is 2.19. The number of benzene rings is 1. The zero-order valence-electron chi connectivity index (χ0n) is 14.1. The number of anilines is 2. The van der Waals surface area contributed by atoms with Crippen molar-refractivity contribution in [2.75, 3.05) is 43.2 Å². The molecule has 0 saturated carbocycles. The van der Waals surface area contributed by atoms with Crippen LogP contribution in [0.1, 0.15) is 16.8 Å². The Morgan fingerprint density at radius 1 is 1.09 bits per heavy atom. The number of ether oxygens (including phenoxy) is 1. The second-order valence-electron chi connectivity index (χ2n) is 6.09. The summed E-state index contributed by atoms with van der Waals surface area (Å²) in [5.41, 5.74) is 4.69. The molecular weight excluding hydrogens is 288 g/mol. The van der Waals surface area contributed by atoms with Gasteiger partial charge in [-0.1, -0.05) is 12.1 Å². The van der Waals surface area contributed by atoms with E-state index in [0.29, 0.717) is 0 Å². The van der Waals surface area contributed by atoms with Gasteiger partial charge in [-0.05, 0) is 43.2 Å². The van der Waals surface area contributed by atoms with Gasteiger partial charge in [0, 0.05) is 32.4 Å². The molecule has 0 radical (unpaired) electrons. The summed E-state index contributed by atoms with van der Waals surface area (Å²) >= 11 is 0. The zero-order chi connectivity index (χ0) is 16.2. The molecule has 1 saturated heterocycles. The topological polar surface area (TPSA) is 41.5 Å². The first-order chi connectivity index (χ1) is 11.1. The SMILES string of the molecule is Cc1cc(N(C)Cc2ccc(N3CCOCC3)cc2)nnc1C. The van der Waals surface area contributed by atoms with E-state index in [2.05, 4.69) is 64.3 Å². The average Bonchev–Trinajstić information content (AvgIpc) is 2.59. The Balaban J connectivity index is 1.66. The van der Waals surface area contributed by atoms with E-state index < -0.39 is 0 Å². The Morgan fingerprint density at radius 2 is 1.78 bits per heavy atom. The molecule has 1 fully saturated rings. The molecule has 5 heteroatoms. The maximum absolute atomic E-state index is 5.40. The van der Waals surface area contributed by atoms with Gasteiger partial charge in [-0.25, -0.2) is 0 Å². The summed E-state index contributed by atoms with van der Waals surface area (Å²) in [6, 6.07) is 10.9. The smallest absolute Gasteiger partial charge is 0.151 e. The minimum Gasteiger partial charge on any atom is -0.378 e. The van der Waals surface area contributed by atoms with Crippen LogP contribution in [0.3, 0.4) is 0 Å². The summed E-state index contributed by atoms with van der Waals surface area (Å²) < 4.78 is 5.40. The third-order valence-corrected chi connectivity index (χ3v) is 4.34. The van der Waals surface area contributed by atoms with Gasteiger partial charge in [0.05, 0.1) is 18.9 Å². The van der Waals surface area contributed by atoms with E-state index in [9.17, 15) is 0 Å². The molecule has 2 aromatic rings. The van der Waals surface area contributed by atoms with Crippen molar-refractivity contribution in [2.24, 2.45) is 0 Å². The largest absolute Gasteiger partial charge is 0.378 e. The van der Waals surface area contributed by atoms with Crippen LogP contribution in [0, 0.1) is 13.8 Å². The van der Waals surface area contributed by atoms with Gasteiger partial charge in [0.25, 0.3) is 0 Å². The van der Waals surface area contributed by atoms with Gasteiger partial charge in [0.15, 0.2) is 5.82 Å². The van der Waals surface area contributed by atoms with Crippen LogP contribution in [-0.2, 0) is 11.3 Å². The van der Waals surface area contributed by atoms with E-state index in [4.69, 9.17) is 4.74 Å². The number of aromatic nitrogens is 2. The van der Waals surface area contributed by atoms with Crippen molar-refractivity contribution in [3.05, 3.63) is 47.2 Å². The minimum absolute atomic E-state index is 0.815. The lowest BCUT2D eigenvalue weighted by Gasteiger charge is -2.29. The van der Waals surface area contributed by atoms with Gasteiger partial charge in [-0.3, -0.25) is 0 Å². The third kappa shape index (κ3) is 3.79. The van der Waals surface area contributed by atoms with Crippen LogP contribution in [0.4, 0.5) is 11.5 Å². The van der Waals surface area contributed by atoms with Gasteiger partial charge in [-0.15, -0.1) is 5.10 Å². The molecule has 1 aromatic heterocycles. The molecule has 0 spiro atoms. The number of hydrogen-bond acceptors (Lipinski definition) is 5. The summed E-state index contributed by atoms with van der Waals surface area (Å²) in [7, 11) is 2.05. The standard InChI is InChI=1S/C18H24N4O/c1-14-12-18(20-19-15(14)2)21(3)13-16-4-6-17(7-5-16)22-8-10-23-11-9-22/h4-7,12H,8-11,13H2,1-3H3. The van der Waals surface area contributed by atoms with Gasteiger partial charge >= 0.3 is 0 Å². The Bertz CT molecular complexity index is 651.